The number of thioether (sulfide) groups is 1. The van der Waals surface area contributed by atoms with Gasteiger partial charge in [0.25, 0.3) is 11.6 Å². The highest BCUT2D eigenvalue weighted by Gasteiger charge is 2.30. The van der Waals surface area contributed by atoms with Gasteiger partial charge in [-0.25, -0.2) is 4.99 Å². The third kappa shape index (κ3) is 6.94. The average molecular weight is 654 g/mol. The summed E-state index contributed by atoms with van der Waals surface area (Å²) in [6.07, 6.45) is 1.80. The number of hydrogen-bond acceptors (Lipinski definition) is 9. The SMILES string of the molecule is CCOc1cc(/C=C2\SC(=Nc3ccc(N4CCOCC4)cc3)N(C)C2=O)cc(Br)c1OCc1cccc([N+](=O)[O-])c1. The third-order valence-electron chi connectivity index (χ3n) is 6.59. The largest absolute Gasteiger partial charge is 0.490 e. The van der Waals surface area contributed by atoms with E-state index >= 15 is 0 Å². The second kappa shape index (κ2) is 13.4. The van der Waals surface area contributed by atoms with Crippen LogP contribution in [-0.4, -0.2) is 60.9 Å². The smallest absolute Gasteiger partial charge is 0.269 e. The van der Waals surface area contributed by atoms with E-state index in [9.17, 15) is 14.9 Å². The molecule has 3 aromatic carbocycles. The minimum absolute atomic E-state index is 0.00113. The lowest BCUT2D eigenvalue weighted by Crippen LogP contribution is -2.36. The van der Waals surface area contributed by atoms with E-state index in [1.54, 1.807) is 36.2 Å². The Bertz CT molecular complexity index is 1540. The summed E-state index contributed by atoms with van der Waals surface area (Å²) >= 11 is 4.87. The number of carbonyl (C=O) groups is 1. The number of aliphatic imine (C=N–C) groups is 1. The number of halogens is 1. The fourth-order valence-electron chi connectivity index (χ4n) is 4.46. The van der Waals surface area contributed by atoms with Gasteiger partial charge in [-0.3, -0.25) is 19.8 Å². The molecule has 1 amide bonds. The first-order valence-corrected chi connectivity index (χ1v) is 14.9. The van der Waals surface area contributed by atoms with Gasteiger partial charge in [-0.1, -0.05) is 12.1 Å². The van der Waals surface area contributed by atoms with Crippen LogP contribution in [0.25, 0.3) is 6.08 Å². The van der Waals surface area contributed by atoms with E-state index in [1.807, 2.05) is 37.3 Å². The van der Waals surface area contributed by atoms with Crippen LogP contribution in [0.5, 0.6) is 11.5 Å². The van der Waals surface area contributed by atoms with Crippen molar-refractivity contribution in [3.63, 3.8) is 0 Å². The average Bonchev–Trinajstić information content (AvgIpc) is 3.25. The number of anilines is 1. The maximum Gasteiger partial charge on any atom is 0.269 e. The zero-order valence-corrected chi connectivity index (χ0v) is 25.5. The fourth-order valence-corrected chi connectivity index (χ4v) is 6.02. The molecular formula is C30H29BrN4O6S. The maximum absolute atomic E-state index is 13.1. The lowest BCUT2D eigenvalue weighted by molar-refractivity contribution is -0.384. The van der Waals surface area contributed by atoms with Crippen LogP contribution in [0.1, 0.15) is 18.1 Å². The zero-order chi connectivity index (χ0) is 29.6. The summed E-state index contributed by atoms with van der Waals surface area (Å²) in [4.78, 5) is 32.8. The molecule has 0 aromatic heterocycles. The molecule has 42 heavy (non-hydrogen) atoms. The van der Waals surface area contributed by atoms with Crippen molar-refractivity contribution in [2.24, 2.45) is 4.99 Å². The highest BCUT2D eigenvalue weighted by Crippen LogP contribution is 2.40. The molecular weight excluding hydrogens is 624 g/mol. The third-order valence-corrected chi connectivity index (χ3v) is 8.24. The molecule has 10 nitrogen and oxygen atoms in total. The van der Waals surface area contributed by atoms with Crippen LogP contribution in [0.4, 0.5) is 17.1 Å². The van der Waals surface area contributed by atoms with Crippen molar-refractivity contribution in [2.75, 3.05) is 44.9 Å². The minimum Gasteiger partial charge on any atom is -0.490 e. The van der Waals surface area contributed by atoms with Crippen LogP contribution >= 0.6 is 27.7 Å². The van der Waals surface area contributed by atoms with Crippen molar-refractivity contribution in [3.8, 4) is 11.5 Å². The van der Waals surface area contributed by atoms with Gasteiger partial charge in [0.15, 0.2) is 16.7 Å². The van der Waals surface area contributed by atoms with Crippen molar-refractivity contribution in [1.29, 1.82) is 0 Å². The van der Waals surface area contributed by atoms with E-state index in [4.69, 9.17) is 19.2 Å². The molecule has 0 atom stereocenters. The van der Waals surface area contributed by atoms with Crippen molar-refractivity contribution in [2.45, 2.75) is 13.5 Å². The lowest BCUT2D eigenvalue weighted by Gasteiger charge is -2.28. The van der Waals surface area contributed by atoms with E-state index in [0.29, 0.717) is 38.2 Å². The van der Waals surface area contributed by atoms with Gasteiger partial charge < -0.3 is 19.1 Å². The molecule has 0 N–H and O–H groups in total. The molecule has 2 saturated heterocycles. The Morgan fingerprint density at radius 2 is 1.88 bits per heavy atom. The quantitative estimate of drug-likeness (QED) is 0.148. The second-order valence-electron chi connectivity index (χ2n) is 9.46. The Labute approximate surface area is 256 Å². The summed E-state index contributed by atoms with van der Waals surface area (Å²) in [5.74, 6) is 0.807. The second-order valence-corrected chi connectivity index (χ2v) is 11.3. The number of rotatable bonds is 9. The molecule has 3 aromatic rings. The molecule has 2 heterocycles. The standard InChI is InChI=1S/C30H29BrN4O6S/c1-3-40-26-17-21(16-25(31)28(26)41-19-20-5-4-6-24(15-20)35(37)38)18-27-29(36)33(2)30(42-27)32-22-7-9-23(10-8-22)34-11-13-39-14-12-34/h4-10,15-18H,3,11-14,19H2,1-2H3/b27-18-,32-30?. The number of ether oxygens (including phenoxy) is 3. The molecule has 0 unspecified atom stereocenters. The molecule has 218 valence electrons. The molecule has 5 rings (SSSR count). The Kier molecular flexibility index (Phi) is 9.45. The Hall–Kier alpha value is -3.87. The van der Waals surface area contributed by atoms with Crippen molar-refractivity contribution in [3.05, 3.63) is 91.3 Å². The Morgan fingerprint density at radius 1 is 1.12 bits per heavy atom. The Balaban J connectivity index is 1.33. The molecule has 2 aliphatic heterocycles. The van der Waals surface area contributed by atoms with E-state index < -0.39 is 4.92 Å². The van der Waals surface area contributed by atoms with E-state index in [0.717, 1.165) is 43.2 Å². The van der Waals surface area contributed by atoms with Gasteiger partial charge in [-0.05, 0) is 88.2 Å². The number of nitro benzene ring substituents is 1. The van der Waals surface area contributed by atoms with Crippen molar-refractivity contribution in [1.82, 2.24) is 4.90 Å². The number of carbonyl (C=O) groups excluding carboxylic acids is 1. The summed E-state index contributed by atoms with van der Waals surface area (Å²) in [5, 5.41) is 11.7. The number of hydrogen-bond donors (Lipinski definition) is 0. The summed E-state index contributed by atoms with van der Waals surface area (Å²) in [7, 11) is 1.71. The van der Waals surface area contributed by atoms with Crippen LogP contribution in [-0.2, 0) is 16.1 Å². The van der Waals surface area contributed by atoms with Gasteiger partial charge in [0.05, 0.1) is 39.8 Å². The molecule has 0 radical (unpaired) electrons. The Morgan fingerprint density at radius 3 is 2.60 bits per heavy atom. The maximum atomic E-state index is 13.1. The van der Waals surface area contributed by atoms with Gasteiger partial charge in [0.2, 0.25) is 0 Å². The number of likely N-dealkylation sites (N-methyl/N-ethyl adjacent to an activating group) is 1. The first kappa shape index (κ1) is 29.6. The molecule has 0 saturated carbocycles. The molecule has 0 aliphatic carbocycles. The van der Waals surface area contributed by atoms with E-state index in [2.05, 4.69) is 20.8 Å². The molecule has 12 heteroatoms. The van der Waals surface area contributed by atoms with Gasteiger partial charge >= 0.3 is 0 Å². The number of non-ortho nitro benzene ring substituents is 1. The van der Waals surface area contributed by atoms with Gasteiger partial charge in [-0.15, -0.1) is 0 Å². The van der Waals surface area contributed by atoms with Crippen LogP contribution in [0.3, 0.4) is 0 Å². The summed E-state index contributed by atoms with van der Waals surface area (Å²) in [6.45, 7) is 5.56. The number of nitro groups is 1. The van der Waals surface area contributed by atoms with E-state index in [-0.39, 0.29) is 18.2 Å². The van der Waals surface area contributed by atoms with Crippen LogP contribution < -0.4 is 14.4 Å². The monoisotopic (exact) mass is 652 g/mol. The summed E-state index contributed by atoms with van der Waals surface area (Å²) in [6, 6.07) is 17.9. The topological polar surface area (TPSA) is 107 Å². The molecule has 0 bridgehead atoms. The molecule has 2 fully saturated rings. The zero-order valence-electron chi connectivity index (χ0n) is 23.1. The number of morpholine rings is 1. The number of benzene rings is 3. The van der Waals surface area contributed by atoms with Gasteiger partial charge in [-0.2, -0.15) is 0 Å². The highest BCUT2D eigenvalue weighted by atomic mass is 79.9. The van der Waals surface area contributed by atoms with E-state index in [1.165, 1.54) is 23.9 Å². The first-order chi connectivity index (χ1) is 20.3. The van der Waals surface area contributed by atoms with Crippen molar-refractivity contribution >= 4 is 61.9 Å². The lowest BCUT2D eigenvalue weighted by atomic mass is 10.1. The van der Waals surface area contributed by atoms with Crippen LogP contribution in [0, 0.1) is 10.1 Å². The summed E-state index contributed by atoms with van der Waals surface area (Å²) < 4.78 is 17.9. The van der Waals surface area contributed by atoms with Gasteiger partial charge in [0.1, 0.15) is 6.61 Å². The molecule has 2 aliphatic rings. The van der Waals surface area contributed by atoms with Crippen LogP contribution in [0.15, 0.2) is 75.0 Å². The minimum atomic E-state index is -0.439. The van der Waals surface area contributed by atoms with Gasteiger partial charge in [0, 0.05) is 38.0 Å². The predicted octanol–water partition coefficient (Wildman–Crippen LogP) is 6.41. The first-order valence-electron chi connectivity index (χ1n) is 13.3. The fraction of sp³-hybridized carbons (Fsp3) is 0.267. The molecule has 0 spiro atoms. The normalized spacial score (nSPS) is 17.3. The van der Waals surface area contributed by atoms with Crippen LogP contribution in [0.2, 0.25) is 0 Å². The highest BCUT2D eigenvalue weighted by molar-refractivity contribution is 9.10. The number of nitrogens with zero attached hydrogens (tertiary/aromatic N) is 4. The number of amides is 1. The predicted molar refractivity (Wildman–Crippen MR) is 168 cm³/mol. The van der Waals surface area contributed by atoms with Crippen molar-refractivity contribution < 1.29 is 23.9 Å². The summed E-state index contributed by atoms with van der Waals surface area (Å²) in [5.41, 5.74) is 3.29. The number of amidine groups is 1.